The molecule has 2 bridgehead atoms. The molecule has 3 aromatic rings. The number of aromatic nitrogens is 4. The predicted octanol–water partition coefficient (Wildman–Crippen LogP) is 3.54. The molecule has 4 heterocycles. The zero-order valence-electron chi connectivity index (χ0n) is 17.1. The Morgan fingerprint density at radius 3 is 2.64 bits per heavy atom. The molecular weight excluding hydrogens is 449 g/mol. The number of nitrogens with zero attached hydrogens (tertiary/aromatic N) is 5. The average Bonchev–Trinajstić information content (AvgIpc) is 3.17. The number of morpholine rings is 1. The van der Waals surface area contributed by atoms with Gasteiger partial charge in [0.1, 0.15) is 23.4 Å². The molecule has 172 valence electrons. The third-order valence-electron chi connectivity index (χ3n) is 5.81. The van der Waals surface area contributed by atoms with Gasteiger partial charge in [0.2, 0.25) is 0 Å². The number of carbonyl (C=O) groups excluding carboxylic acids is 1. The van der Waals surface area contributed by atoms with Crippen LogP contribution < -0.4 is 0 Å². The van der Waals surface area contributed by atoms with Crippen LogP contribution in [0.5, 0.6) is 0 Å². The van der Waals surface area contributed by atoms with E-state index >= 15 is 0 Å². The Labute approximate surface area is 183 Å². The second-order valence-electron chi connectivity index (χ2n) is 7.84. The Morgan fingerprint density at radius 2 is 1.91 bits per heavy atom. The summed E-state index contributed by atoms with van der Waals surface area (Å²) in [5.41, 5.74) is -1.61. The van der Waals surface area contributed by atoms with E-state index in [-0.39, 0.29) is 25.5 Å². The van der Waals surface area contributed by atoms with Crippen LogP contribution in [0.2, 0.25) is 0 Å². The zero-order valence-corrected chi connectivity index (χ0v) is 17.1. The highest BCUT2D eigenvalue weighted by Gasteiger charge is 2.45. The largest absolute Gasteiger partial charge is 0.419 e. The summed E-state index contributed by atoms with van der Waals surface area (Å²) in [6.45, 7) is 1.77. The number of alkyl halides is 3. The molecule has 7 nitrogen and oxygen atoms in total. The van der Waals surface area contributed by atoms with E-state index < -0.39 is 46.9 Å². The van der Waals surface area contributed by atoms with Crippen LogP contribution in [0.1, 0.15) is 33.5 Å². The number of benzene rings is 1. The number of ether oxygens (including phenoxy) is 1. The standard InChI is InChI=1S/C21H16F5N5O2/c1-10-14(22)5-6-15(27-10)18-28-29-19-16-9-33-8-11(7-30(18)19)31(16)20(32)12-3-2-4-13(17(12)23)21(24,25)26/h2-6,11,16H,7-9H2,1H3/t11?,16-/m1/s1. The molecule has 2 aliphatic rings. The number of amides is 1. The SMILES string of the molecule is Cc1nc(-c2nnc3n2CC2COC[C@H]3N2C(=O)c2cccc(C(F)(F)F)c2F)ccc1F. The molecule has 0 spiro atoms. The number of fused-ring (bicyclic) bond motifs is 4. The summed E-state index contributed by atoms with van der Waals surface area (Å²) >= 11 is 0. The molecule has 2 aliphatic heterocycles. The first-order chi connectivity index (χ1) is 15.7. The highest BCUT2D eigenvalue weighted by Crippen LogP contribution is 2.37. The summed E-state index contributed by atoms with van der Waals surface area (Å²) in [6, 6.07) is 3.95. The molecule has 0 N–H and O–H groups in total. The quantitative estimate of drug-likeness (QED) is 0.542. The lowest BCUT2D eigenvalue weighted by molar-refractivity contribution is -0.140. The van der Waals surface area contributed by atoms with Gasteiger partial charge < -0.3 is 14.2 Å². The minimum atomic E-state index is -4.93. The minimum absolute atomic E-state index is 0.0107. The van der Waals surface area contributed by atoms with Gasteiger partial charge in [0, 0.05) is 6.54 Å². The lowest BCUT2D eigenvalue weighted by Gasteiger charge is -2.45. The van der Waals surface area contributed by atoms with E-state index in [1.165, 1.54) is 24.0 Å². The summed E-state index contributed by atoms with van der Waals surface area (Å²) < 4.78 is 75.0. The predicted molar refractivity (Wildman–Crippen MR) is 103 cm³/mol. The van der Waals surface area contributed by atoms with Crippen LogP contribution in [-0.4, -0.2) is 49.8 Å². The maximum atomic E-state index is 14.7. The van der Waals surface area contributed by atoms with E-state index in [2.05, 4.69) is 15.2 Å². The molecule has 1 aromatic carbocycles. The van der Waals surface area contributed by atoms with Gasteiger partial charge in [-0.2, -0.15) is 13.2 Å². The van der Waals surface area contributed by atoms with Gasteiger partial charge >= 0.3 is 6.18 Å². The van der Waals surface area contributed by atoms with Crippen LogP contribution >= 0.6 is 0 Å². The first kappa shape index (κ1) is 21.4. The number of hydrogen-bond acceptors (Lipinski definition) is 5. The van der Waals surface area contributed by atoms with Gasteiger partial charge in [-0.25, -0.2) is 13.8 Å². The third kappa shape index (κ3) is 3.45. The molecule has 5 rings (SSSR count). The second-order valence-corrected chi connectivity index (χ2v) is 7.84. The zero-order chi connectivity index (χ0) is 23.5. The first-order valence-electron chi connectivity index (χ1n) is 9.99. The summed E-state index contributed by atoms with van der Waals surface area (Å²) in [5, 5.41) is 8.28. The highest BCUT2D eigenvalue weighted by molar-refractivity contribution is 5.95. The summed E-state index contributed by atoms with van der Waals surface area (Å²) in [4.78, 5) is 18.7. The van der Waals surface area contributed by atoms with Gasteiger partial charge in [0.15, 0.2) is 11.6 Å². The molecule has 33 heavy (non-hydrogen) atoms. The number of pyridine rings is 1. The summed E-state index contributed by atoms with van der Waals surface area (Å²) in [7, 11) is 0. The topological polar surface area (TPSA) is 73.1 Å². The van der Waals surface area contributed by atoms with Crippen LogP contribution in [0.3, 0.4) is 0 Å². The molecule has 0 radical (unpaired) electrons. The Balaban J connectivity index is 1.54. The maximum absolute atomic E-state index is 14.7. The van der Waals surface area contributed by atoms with Crippen molar-refractivity contribution in [2.75, 3.05) is 13.2 Å². The van der Waals surface area contributed by atoms with Crippen molar-refractivity contribution < 1.29 is 31.5 Å². The van der Waals surface area contributed by atoms with Gasteiger partial charge in [0.05, 0.1) is 36.1 Å². The van der Waals surface area contributed by atoms with Gasteiger partial charge in [-0.1, -0.05) is 6.07 Å². The van der Waals surface area contributed by atoms with Crippen molar-refractivity contribution in [1.29, 1.82) is 0 Å². The molecule has 1 saturated heterocycles. The molecule has 12 heteroatoms. The lowest BCUT2D eigenvalue weighted by atomic mass is 10.0. The van der Waals surface area contributed by atoms with Crippen LogP contribution in [0, 0.1) is 18.6 Å². The number of rotatable bonds is 2. The van der Waals surface area contributed by atoms with Crippen LogP contribution in [0.4, 0.5) is 22.0 Å². The van der Waals surface area contributed by atoms with Crippen molar-refractivity contribution in [3.8, 4) is 11.5 Å². The Hall–Kier alpha value is -3.41. The van der Waals surface area contributed by atoms with E-state index in [4.69, 9.17) is 4.74 Å². The smallest absolute Gasteiger partial charge is 0.377 e. The second kappa shape index (κ2) is 7.58. The minimum Gasteiger partial charge on any atom is -0.377 e. The third-order valence-corrected chi connectivity index (χ3v) is 5.81. The summed E-state index contributed by atoms with van der Waals surface area (Å²) in [5.74, 6) is -2.29. The van der Waals surface area contributed by atoms with E-state index in [0.29, 0.717) is 23.4 Å². The normalized spacial score (nSPS) is 20.0. The van der Waals surface area contributed by atoms with E-state index in [1.807, 2.05) is 0 Å². The fourth-order valence-corrected chi connectivity index (χ4v) is 4.24. The number of hydrogen-bond donors (Lipinski definition) is 0. The maximum Gasteiger partial charge on any atom is 0.419 e. The van der Waals surface area contributed by atoms with Gasteiger partial charge in [-0.05, 0) is 31.2 Å². The average molecular weight is 465 g/mol. The molecule has 0 aliphatic carbocycles. The Kier molecular flexibility index (Phi) is 4.92. The van der Waals surface area contributed by atoms with Crippen molar-refractivity contribution in [2.24, 2.45) is 0 Å². The van der Waals surface area contributed by atoms with Crippen LogP contribution in [-0.2, 0) is 17.5 Å². The van der Waals surface area contributed by atoms with E-state index in [9.17, 15) is 26.7 Å². The first-order valence-corrected chi connectivity index (χ1v) is 9.99. The van der Waals surface area contributed by atoms with E-state index in [0.717, 1.165) is 12.1 Å². The molecule has 2 atom stereocenters. The van der Waals surface area contributed by atoms with Crippen LogP contribution in [0.15, 0.2) is 30.3 Å². The molecule has 0 saturated carbocycles. The number of aryl methyl sites for hydroxylation is 1. The van der Waals surface area contributed by atoms with Gasteiger partial charge in [-0.15, -0.1) is 10.2 Å². The molecule has 2 aromatic heterocycles. The fourth-order valence-electron chi connectivity index (χ4n) is 4.24. The van der Waals surface area contributed by atoms with Crippen molar-refractivity contribution in [3.05, 3.63) is 64.6 Å². The van der Waals surface area contributed by atoms with Crippen molar-refractivity contribution in [3.63, 3.8) is 0 Å². The molecule has 1 fully saturated rings. The van der Waals surface area contributed by atoms with Crippen molar-refractivity contribution >= 4 is 5.91 Å². The Morgan fingerprint density at radius 1 is 1.12 bits per heavy atom. The lowest BCUT2D eigenvalue weighted by Crippen LogP contribution is -2.56. The summed E-state index contributed by atoms with van der Waals surface area (Å²) in [6.07, 6.45) is -4.93. The Bertz CT molecular complexity index is 1260. The molecule has 1 unspecified atom stereocenters. The van der Waals surface area contributed by atoms with Gasteiger partial charge in [-0.3, -0.25) is 4.79 Å². The monoisotopic (exact) mass is 465 g/mol. The molecule has 1 amide bonds. The number of carbonyl (C=O) groups is 1. The van der Waals surface area contributed by atoms with Crippen molar-refractivity contribution in [1.82, 2.24) is 24.6 Å². The number of halogens is 5. The highest BCUT2D eigenvalue weighted by atomic mass is 19.4. The van der Waals surface area contributed by atoms with Crippen molar-refractivity contribution in [2.45, 2.75) is 31.7 Å². The molecular formula is C21H16F5N5O2. The van der Waals surface area contributed by atoms with Gasteiger partial charge in [0.25, 0.3) is 5.91 Å². The van der Waals surface area contributed by atoms with Crippen LogP contribution in [0.25, 0.3) is 11.5 Å². The fraction of sp³-hybridized carbons (Fsp3) is 0.333. The van der Waals surface area contributed by atoms with E-state index in [1.54, 1.807) is 4.57 Å².